The number of nitrogens with one attached hydrogen (secondary N) is 1. The summed E-state index contributed by atoms with van der Waals surface area (Å²) in [5.41, 5.74) is -1.09. The van der Waals surface area contributed by atoms with Crippen molar-refractivity contribution in [3.63, 3.8) is 0 Å². The first kappa shape index (κ1) is 15.5. The molecular weight excluding hydrogens is 330 g/mol. The minimum absolute atomic E-state index is 0.0484. The van der Waals surface area contributed by atoms with Crippen LogP contribution in [-0.2, 0) is 0 Å². The number of rotatable bonds is 3. The third kappa shape index (κ3) is 3.22. The molecule has 0 aromatic heterocycles. The van der Waals surface area contributed by atoms with E-state index in [9.17, 15) is 18.0 Å². The number of benzene rings is 2. The predicted octanol–water partition coefficient (Wildman–Crippen LogP) is 4.85. The first-order chi connectivity index (χ1) is 9.79. The summed E-state index contributed by atoms with van der Waals surface area (Å²) in [6.07, 6.45) is 0. The Bertz CT molecular complexity index is 691. The van der Waals surface area contributed by atoms with Crippen LogP contribution in [0.1, 0.15) is 10.4 Å². The van der Waals surface area contributed by atoms with E-state index in [-0.39, 0.29) is 15.7 Å². The molecule has 0 fully saturated rings. The van der Waals surface area contributed by atoms with Crippen molar-refractivity contribution in [2.45, 2.75) is 0 Å². The van der Waals surface area contributed by atoms with Crippen molar-refractivity contribution >= 4 is 40.5 Å². The molecule has 0 amide bonds. The molecule has 0 aliphatic rings. The molecule has 0 atom stereocenters. The fourth-order valence-electron chi connectivity index (χ4n) is 1.59. The van der Waals surface area contributed by atoms with Crippen molar-refractivity contribution in [1.29, 1.82) is 0 Å². The number of anilines is 2. The molecule has 0 saturated carbocycles. The van der Waals surface area contributed by atoms with Crippen molar-refractivity contribution in [3.05, 3.63) is 57.3 Å². The Labute approximate surface area is 126 Å². The van der Waals surface area contributed by atoms with E-state index < -0.39 is 34.7 Å². The highest BCUT2D eigenvalue weighted by Gasteiger charge is 2.16. The summed E-state index contributed by atoms with van der Waals surface area (Å²) >= 11 is 11.1. The first-order valence-electron chi connectivity index (χ1n) is 5.43. The monoisotopic (exact) mass is 335 g/mol. The van der Waals surface area contributed by atoms with Crippen LogP contribution in [0.2, 0.25) is 10.0 Å². The van der Waals surface area contributed by atoms with Crippen LogP contribution in [0, 0.1) is 17.5 Å². The lowest BCUT2D eigenvalue weighted by atomic mass is 10.1. The molecule has 0 spiro atoms. The molecule has 0 aliphatic heterocycles. The third-order valence-corrected chi connectivity index (χ3v) is 3.09. The summed E-state index contributed by atoms with van der Waals surface area (Å²) in [5, 5.41) is 10.4. The van der Waals surface area contributed by atoms with Crippen molar-refractivity contribution in [2.24, 2.45) is 0 Å². The molecule has 0 heterocycles. The maximum Gasteiger partial charge on any atom is 0.335 e. The van der Waals surface area contributed by atoms with Gasteiger partial charge in [0.2, 0.25) is 0 Å². The van der Waals surface area contributed by atoms with Crippen LogP contribution in [-0.4, -0.2) is 11.1 Å². The van der Waals surface area contributed by atoms with Gasteiger partial charge in [-0.25, -0.2) is 18.0 Å². The Hall–Kier alpha value is -1.92. The largest absolute Gasteiger partial charge is 0.478 e. The molecular formula is C13H6Cl2F3NO2. The molecule has 3 nitrogen and oxygen atoms in total. The summed E-state index contributed by atoms with van der Waals surface area (Å²) in [6.45, 7) is 0. The highest BCUT2D eigenvalue weighted by atomic mass is 35.5. The smallest absolute Gasteiger partial charge is 0.335 e. The van der Waals surface area contributed by atoms with Crippen molar-refractivity contribution in [1.82, 2.24) is 0 Å². The van der Waals surface area contributed by atoms with Gasteiger partial charge >= 0.3 is 5.97 Å². The fourth-order valence-corrected chi connectivity index (χ4v) is 2.08. The van der Waals surface area contributed by atoms with Crippen LogP contribution in [0.25, 0.3) is 0 Å². The summed E-state index contributed by atoms with van der Waals surface area (Å²) < 4.78 is 40.7. The average Bonchev–Trinajstić information content (AvgIpc) is 2.39. The molecule has 0 unspecified atom stereocenters. The molecule has 0 radical (unpaired) electrons. The second-order valence-corrected chi connectivity index (χ2v) is 4.81. The van der Waals surface area contributed by atoms with Gasteiger partial charge in [-0.05, 0) is 24.3 Å². The molecule has 21 heavy (non-hydrogen) atoms. The number of aromatic carboxylic acids is 1. The van der Waals surface area contributed by atoms with E-state index in [1.807, 2.05) is 0 Å². The molecule has 2 aromatic rings. The van der Waals surface area contributed by atoms with Crippen molar-refractivity contribution in [3.8, 4) is 0 Å². The summed E-state index contributed by atoms with van der Waals surface area (Å²) in [5.74, 6) is -4.56. The van der Waals surface area contributed by atoms with Crippen molar-refractivity contribution in [2.75, 3.05) is 5.32 Å². The molecule has 0 aliphatic carbocycles. The lowest BCUT2D eigenvalue weighted by Gasteiger charge is -2.11. The number of hydrogen-bond acceptors (Lipinski definition) is 2. The standard InChI is InChI=1S/C13H6Cl2F3NO2/c14-7-3-6(4-8(15)11(7)18)19-12-9(16)1-5(13(20)21)2-10(12)17/h1-4,19H,(H,20,21). The molecule has 8 heteroatoms. The van der Waals surface area contributed by atoms with Crippen LogP contribution < -0.4 is 5.32 Å². The molecule has 0 bridgehead atoms. The maximum atomic E-state index is 13.7. The van der Waals surface area contributed by atoms with Gasteiger partial charge in [-0.2, -0.15) is 0 Å². The highest BCUT2D eigenvalue weighted by molar-refractivity contribution is 6.35. The fraction of sp³-hybridized carbons (Fsp3) is 0. The zero-order valence-corrected chi connectivity index (χ0v) is 11.6. The van der Waals surface area contributed by atoms with E-state index in [1.54, 1.807) is 0 Å². The molecule has 0 saturated heterocycles. The summed E-state index contributed by atoms with van der Waals surface area (Å²) in [6, 6.07) is 3.49. The topological polar surface area (TPSA) is 49.3 Å². The van der Waals surface area contributed by atoms with E-state index in [4.69, 9.17) is 28.3 Å². The number of hydrogen-bond donors (Lipinski definition) is 2. The van der Waals surface area contributed by atoms with Crippen molar-refractivity contribution < 1.29 is 23.1 Å². The van der Waals surface area contributed by atoms with Gasteiger partial charge in [0.15, 0.2) is 17.5 Å². The van der Waals surface area contributed by atoms with Gasteiger partial charge in [-0.1, -0.05) is 23.2 Å². The van der Waals surface area contributed by atoms with Crippen LogP contribution >= 0.6 is 23.2 Å². The quantitative estimate of drug-likeness (QED) is 0.788. The predicted molar refractivity (Wildman–Crippen MR) is 73.0 cm³/mol. The van der Waals surface area contributed by atoms with E-state index in [0.29, 0.717) is 12.1 Å². The normalized spacial score (nSPS) is 10.5. The van der Waals surface area contributed by atoms with Gasteiger partial charge < -0.3 is 10.4 Å². The Morgan fingerprint density at radius 2 is 1.48 bits per heavy atom. The van der Waals surface area contributed by atoms with E-state index >= 15 is 0 Å². The highest BCUT2D eigenvalue weighted by Crippen LogP contribution is 2.31. The SMILES string of the molecule is O=C(O)c1cc(F)c(Nc2cc(Cl)c(F)c(Cl)c2)c(F)c1. The zero-order chi connectivity index (χ0) is 15.7. The van der Waals surface area contributed by atoms with Crippen LogP contribution in [0.5, 0.6) is 0 Å². The van der Waals surface area contributed by atoms with E-state index in [2.05, 4.69) is 5.32 Å². The maximum absolute atomic E-state index is 13.7. The van der Waals surface area contributed by atoms with Crippen LogP contribution in [0.4, 0.5) is 24.5 Å². The van der Waals surface area contributed by atoms with Gasteiger partial charge in [0.25, 0.3) is 0 Å². The average molecular weight is 336 g/mol. The number of carbonyl (C=O) groups is 1. The Morgan fingerprint density at radius 1 is 1.00 bits per heavy atom. The lowest BCUT2D eigenvalue weighted by Crippen LogP contribution is -2.03. The number of carboxylic acid groups (broad SMARTS) is 1. The molecule has 2 aromatic carbocycles. The van der Waals surface area contributed by atoms with Gasteiger partial charge in [0.05, 0.1) is 15.6 Å². The summed E-state index contributed by atoms with van der Waals surface area (Å²) in [7, 11) is 0. The molecule has 2 rings (SSSR count). The second-order valence-electron chi connectivity index (χ2n) is 4.00. The minimum Gasteiger partial charge on any atom is -0.478 e. The third-order valence-electron chi connectivity index (χ3n) is 2.54. The Morgan fingerprint density at radius 3 is 1.90 bits per heavy atom. The first-order valence-corrected chi connectivity index (χ1v) is 6.19. The number of carboxylic acids is 1. The van der Waals surface area contributed by atoms with Crippen LogP contribution in [0.15, 0.2) is 24.3 Å². The van der Waals surface area contributed by atoms with Crippen LogP contribution in [0.3, 0.4) is 0 Å². The van der Waals surface area contributed by atoms with E-state index in [1.165, 1.54) is 0 Å². The van der Waals surface area contributed by atoms with Gasteiger partial charge in [0, 0.05) is 5.69 Å². The Kier molecular flexibility index (Phi) is 4.29. The molecule has 110 valence electrons. The number of halogens is 5. The van der Waals surface area contributed by atoms with Gasteiger partial charge in [0.1, 0.15) is 5.69 Å². The van der Waals surface area contributed by atoms with Gasteiger partial charge in [-0.3, -0.25) is 0 Å². The molecule has 2 N–H and O–H groups in total. The summed E-state index contributed by atoms with van der Waals surface area (Å²) in [4.78, 5) is 10.7. The minimum atomic E-state index is -1.47. The van der Waals surface area contributed by atoms with Gasteiger partial charge in [-0.15, -0.1) is 0 Å². The Balaban J connectivity index is 2.43. The lowest BCUT2D eigenvalue weighted by molar-refractivity contribution is 0.0696. The second kappa shape index (κ2) is 5.83. The zero-order valence-electron chi connectivity index (χ0n) is 10.1. The van der Waals surface area contributed by atoms with E-state index in [0.717, 1.165) is 12.1 Å².